The molecule has 3 heteroatoms. The number of Topliss-reactive ketones (excluding diaryl/α,β-unsaturated/α-hetero) is 1. The Morgan fingerprint density at radius 1 is 1.39 bits per heavy atom. The largest absolute Gasteiger partial charge is 0.380 e. The minimum atomic E-state index is 0.0577. The number of rotatable bonds is 2. The van der Waals surface area contributed by atoms with Gasteiger partial charge in [-0.05, 0) is 37.0 Å². The Morgan fingerprint density at radius 3 is 2.96 bits per heavy atom. The smallest absolute Gasteiger partial charge is 0.137 e. The summed E-state index contributed by atoms with van der Waals surface area (Å²) in [6.45, 7) is 8.03. The van der Waals surface area contributed by atoms with Crippen molar-refractivity contribution in [2.45, 2.75) is 63.6 Å². The Bertz CT molecular complexity index is 638. The van der Waals surface area contributed by atoms with Gasteiger partial charge in [-0.3, -0.25) is 9.69 Å². The Morgan fingerprint density at radius 2 is 2.22 bits per heavy atom. The number of ether oxygens (including phenoxy) is 1. The van der Waals surface area contributed by atoms with Crippen LogP contribution in [-0.2, 0) is 9.53 Å². The molecule has 23 heavy (non-hydrogen) atoms. The average Bonchev–Trinajstić information content (AvgIpc) is 2.92. The summed E-state index contributed by atoms with van der Waals surface area (Å²) in [5.74, 6) is 1.08. The standard InChI is InChI=1S/C20H27NO2/c1-4-20-16(23-3)7-8-19(2)11-21-15(17(19)20)10-12-9-13(22)5-6-14(12)18(20)21/h4,15-18H,1,5-11H2,2-3H3/t15-,16?,17-,18-,19?,20?/m1/s1. The van der Waals surface area contributed by atoms with Crippen LogP contribution in [0.1, 0.15) is 45.4 Å². The van der Waals surface area contributed by atoms with Gasteiger partial charge in [-0.1, -0.05) is 24.1 Å². The molecule has 0 amide bonds. The molecule has 4 unspecified atom stereocenters. The van der Waals surface area contributed by atoms with Gasteiger partial charge in [-0.25, -0.2) is 0 Å². The molecule has 0 N–H and O–H groups in total. The summed E-state index contributed by atoms with van der Waals surface area (Å²) in [6, 6.07) is 1.05. The Kier molecular flexibility index (Phi) is 2.74. The third-order valence-electron chi connectivity index (χ3n) is 7.95. The van der Waals surface area contributed by atoms with Crippen molar-refractivity contribution in [3.63, 3.8) is 0 Å². The second-order valence-electron chi connectivity index (χ2n) is 8.79. The minimum Gasteiger partial charge on any atom is -0.380 e. The lowest BCUT2D eigenvalue weighted by atomic mass is 9.51. The van der Waals surface area contributed by atoms with E-state index in [4.69, 9.17) is 4.74 Å². The van der Waals surface area contributed by atoms with Crippen LogP contribution in [0.15, 0.2) is 23.8 Å². The highest BCUT2D eigenvalue weighted by molar-refractivity contribution is 5.83. The van der Waals surface area contributed by atoms with Gasteiger partial charge in [-0.15, -0.1) is 6.58 Å². The number of hydrogen-bond acceptors (Lipinski definition) is 3. The van der Waals surface area contributed by atoms with Crippen LogP contribution in [0.2, 0.25) is 0 Å². The summed E-state index contributed by atoms with van der Waals surface area (Å²) < 4.78 is 6.03. The van der Waals surface area contributed by atoms with E-state index in [0.29, 0.717) is 35.6 Å². The van der Waals surface area contributed by atoms with Gasteiger partial charge in [-0.2, -0.15) is 0 Å². The number of ketones is 1. The first-order valence-corrected chi connectivity index (χ1v) is 9.20. The Hall–Kier alpha value is -0.930. The second-order valence-corrected chi connectivity index (χ2v) is 8.79. The predicted molar refractivity (Wildman–Crippen MR) is 89.0 cm³/mol. The normalized spacial score (nSPS) is 53.5. The van der Waals surface area contributed by atoms with Gasteiger partial charge < -0.3 is 4.74 Å². The quantitative estimate of drug-likeness (QED) is 0.734. The van der Waals surface area contributed by atoms with Crippen molar-refractivity contribution >= 4 is 5.78 Å². The first-order chi connectivity index (χ1) is 11.0. The molecular formula is C20H27NO2. The Labute approximate surface area is 138 Å². The van der Waals surface area contributed by atoms with Gasteiger partial charge in [0.2, 0.25) is 0 Å². The monoisotopic (exact) mass is 313 g/mol. The number of carbonyl (C=O) groups is 1. The molecule has 5 aliphatic rings. The van der Waals surface area contributed by atoms with Crippen molar-refractivity contribution in [1.29, 1.82) is 0 Å². The molecule has 0 aromatic heterocycles. The van der Waals surface area contributed by atoms with Crippen LogP contribution in [0.5, 0.6) is 0 Å². The SMILES string of the molecule is C=CC12C(OC)CCC3(C)CN4[C@H](CC5=C(CCC(=O)C5)[C@@H]41)[C@H]32. The maximum Gasteiger partial charge on any atom is 0.137 e. The molecule has 0 spiro atoms. The van der Waals surface area contributed by atoms with Gasteiger partial charge >= 0.3 is 0 Å². The number of fused-ring (bicyclic) bond motifs is 2. The zero-order valence-corrected chi connectivity index (χ0v) is 14.3. The van der Waals surface area contributed by atoms with Crippen LogP contribution < -0.4 is 0 Å². The van der Waals surface area contributed by atoms with Gasteiger partial charge in [0.1, 0.15) is 5.78 Å². The predicted octanol–water partition coefficient (Wildman–Crippen LogP) is 3.11. The van der Waals surface area contributed by atoms with Crippen molar-refractivity contribution in [3.8, 4) is 0 Å². The summed E-state index contributed by atoms with van der Waals surface area (Å²) in [5, 5.41) is 0. The first kappa shape index (κ1) is 14.4. The number of carbonyl (C=O) groups excluding carboxylic acids is 1. The molecule has 2 aliphatic carbocycles. The molecule has 3 nitrogen and oxygen atoms in total. The van der Waals surface area contributed by atoms with E-state index in [9.17, 15) is 4.79 Å². The fraction of sp³-hybridized carbons (Fsp3) is 0.750. The molecule has 0 aromatic carbocycles. The van der Waals surface area contributed by atoms with Crippen LogP contribution in [-0.4, -0.2) is 42.5 Å². The van der Waals surface area contributed by atoms with Gasteiger partial charge in [0.05, 0.1) is 6.10 Å². The van der Waals surface area contributed by atoms with Crippen molar-refractivity contribution in [2.24, 2.45) is 16.7 Å². The average molecular weight is 313 g/mol. The van der Waals surface area contributed by atoms with Gasteiger partial charge in [0.25, 0.3) is 0 Å². The third-order valence-corrected chi connectivity index (χ3v) is 7.95. The lowest BCUT2D eigenvalue weighted by molar-refractivity contribution is -0.119. The molecule has 7 atom stereocenters. The maximum absolute atomic E-state index is 12.0. The van der Waals surface area contributed by atoms with E-state index in [2.05, 4.69) is 24.5 Å². The summed E-state index contributed by atoms with van der Waals surface area (Å²) in [6.07, 6.45) is 8.47. The van der Waals surface area contributed by atoms with Crippen molar-refractivity contribution in [3.05, 3.63) is 23.8 Å². The van der Waals surface area contributed by atoms with E-state index in [1.165, 1.54) is 18.5 Å². The van der Waals surface area contributed by atoms with E-state index in [1.807, 2.05) is 7.11 Å². The van der Waals surface area contributed by atoms with Gasteiger partial charge in [0.15, 0.2) is 0 Å². The second kappa shape index (κ2) is 4.37. The van der Waals surface area contributed by atoms with E-state index >= 15 is 0 Å². The first-order valence-electron chi connectivity index (χ1n) is 9.20. The fourth-order valence-corrected chi connectivity index (χ4v) is 7.39. The van der Waals surface area contributed by atoms with Crippen LogP contribution in [0.25, 0.3) is 0 Å². The molecular weight excluding hydrogens is 286 g/mol. The minimum absolute atomic E-state index is 0.0577. The third kappa shape index (κ3) is 1.48. The van der Waals surface area contributed by atoms with Gasteiger partial charge in [0, 0.05) is 44.0 Å². The molecule has 3 heterocycles. The van der Waals surface area contributed by atoms with Crippen LogP contribution in [0.3, 0.4) is 0 Å². The number of hydrogen-bond donors (Lipinski definition) is 0. The zero-order valence-electron chi connectivity index (χ0n) is 14.3. The topological polar surface area (TPSA) is 29.5 Å². The fourth-order valence-electron chi connectivity index (χ4n) is 7.39. The summed E-state index contributed by atoms with van der Waals surface area (Å²) >= 11 is 0. The zero-order chi connectivity index (χ0) is 16.0. The molecule has 5 rings (SSSR count). The Balaban J connectivity index is 1.70. The van der Waals surface area contributed by atoms with E-state index < -0.39 is 0 Å². The summed E-state index contributed by atoms with van der Waals surface area (Å²) in [4.78, 5) is 14.8. The number of methoxy groups -OCH3 is 1. The number of piperidine rings is 1. The van der Waals surface area contributed by atoms with Crippen LogP contribution >= 0.6 is 0 Å². The van der Waals surface area contributed by atoms with Crippen molar-refractivity contribution in [2.75, 3.05) is 13.7 Å². The van der Waals surface area contributed by atoms with Crippen molar-refractivity contribution < 1.29 is 9.53 Å². The summed E-state index contributed by atoms with van der Waals surface area (Å²) in [7, 11) is 1.88. The molecule has 0 aromatic rings. The number of nitrogens with zero attached hydrogens (tertiary/aromatic N) is 1. The molecule has 2 saturated heterocycles. The van der Waals surface area contributed by atoms with E-state index in [1.54, 1.807) is 5.57 Å². The highest BCUT2D eigenvalue weighted by atomic mass is 16.5. The highest BCUT2D eigenvalue weighted by Gasteiger charge is 2.74. The van der Waals surface area contributed by atoms with Crippen LogP contribution in [0, 0.1) is 16.7 Å². The molecule has 3 fully saturated rings. The molecule has 0 radical (unpaired) electrons. The van der Waals surface area contributed by atoms with E-state index in [-0.39, 0.29) is 11.5 Å². The lowest BCUT2D eigenvalue weighted by Gasteiger charge is -2.58. The highest BCUT2D eigenvalue weighted by Crippen LogP contribution is 2.71. The lowest BCUT2D eigenvalue weighted by Crippen LogP contribution is -2.61. The maximum atomic E-state index is 12.0. The molecule has 3 aliphatic heterocycles. The van der Waals surface area contributed by atoms with Crippen LogP contribution in [0.4, 0.5) is 0 Å². The molecule has 124 valence electrons. The molecule has 4 bridgehead atoms. The van der Waals surface area contributed by atoms with Crippen molar-refractivity contribution in [1.82, 2.24) is 4.90 Å². The molecule has 1 saturated carbocycles. The summed E-state index contributed by atoms with van der Waals surface area (Å²) in [5.41, 5.74) is 3.50. The van der Waals surface area contributed by atoms with E-state index in [0.717, 1.165) is 25.7 Å².